The van der Waals surface area contributed by atoms with Gasteiger partial charge < -0.3 is 4.90 Å². The molecule has 0 aliphatic carbocycles. The number of benzene rings is 1. The normalized spacial score (nSPS) is 15.9. The Hall–Kier alpha value is -2.62. The summed E-state index contributed by atoms with van der Waals surface area (Å²) in [5.74, 6) is -0.0810. The Kier molecular flexibility index (Phi) is 5.62. The lowest BCUT2D eigenvalue weighted by atomic mass is 10.0. The van der Waals surface area contributed by atoms with Crippen molar-refractivity contribution < 1.29 is 4.79 Å². The smallest absolute Gasteiger partial charge is 0.258 e. The van der Waals surface area contributed by atoms with E-state index in [1.165, 1.54) is 0 Å². The molecule has 0 saturated carbocycles. The molecule has 1 aliphatic heterocycles. The molecule has 1 heterocycles. The second-order valence-electron chi connectivity index (χ2n) is 6.38. The van der Waals surface area contributed by atoms with Gasteiger partial charge in [0.1, 0.15) is 5.54 Å². The molecule has 8 heteroatoms. The molecule has 1 saturated heterocycles. The minimum absolute atomic E-state index is 0.0810. The van der Waals surface area contributed by atoms with Crippen LogP contribution in [0, 0.1) is 13.5 Å². The highest BCUT2D eigenvalue weighted by atomic mass is 32.1. The summed E-state index contributed by atoms with van der Waals surface area (Å²) in [5.41, 5.74) is 9.64. The first-order valence-electron chi connectivity index (χ1n) is 7.99. The molecule has 1 aromatic carbocycles. The van der Waals surface area contributed by atoms with E-state index < -0.39 is 5.54 Å². The zero-order valence-corrected chi connectivity index (χ0v) is 15.4. The number of carbonyl (C=O) groups is 1. The third kappa shape index (κ3) is 3.58. The molecular formula is C17H20N6OS. The van der Waals surface area contributed by atoms with Gasteiger partial charge in [0.2, 0.25) is 0 Å². The van der Waals surface area contributed by atoms with Crippen LogP contribution in [0.4, 0.5) is 11.4 Å². The van der Waals surface area contributed by atoms with Crippen molar-refractivity contribution in [2.45, 2.75) is 39.2 Å². The number of anilines is 1. The fourth-order valence-corrected chi connectivity index (χ4v) is 3.35. The monoisotopic (exact) mass is 356 g/mol. The first-order valence-corrected chi connectivity index (χ1v) is 8.40. The Labute approximate surface area is 152 Å². The number of hydrogen-bond donors (Lipinski definition) is 0. The standard InChI is InChI=1S/C17H20N6OS/c1-12-11-13(7-8-14(12)19-4)23-15(24)17(2,3)22(16(23)25)10-6-5-9-20-21-18/h7-8,11H,5-6,9-10H2,1-3H3. The summed E-state index contributed by atoms with van der Waals surface area (Å²) >= 11 is 5.56. The number of amides is 1. The summed E-state index contributed by atoms with van der Waals surface area (Å²) < 4.78 is 0. The van der Waals surface area contributed by atoms with E-state index in [1.54, 1.807) is 17.0 Å². The molecule has 1 amide bonds. The van der Waals surface area contributed by atoms with Gasteiger partial charge in [-0.1, -0.05) is 11.2 Å². The van der Waals surface area contributed by atoms with Crippen LogP contribution < -0.4 is 4.90 Å². The maximum absolute atomic E-state index is 12.9. The van der Waals surface area contributed by atoms with Crippen LogP contribution in [0.15, 0.2) is 23.3 Å². The SMILES string of the molecule is [C-]#[N+]c1ccc(N2C(=O)C(C)(C)N(CCCCN=[N+]=[N-])C2=S)cc1C. The van der Waals surface area contributed by atoms with Crippen LogP contribution in [0.3, 0.4) is 0 Å². The molecule has 0 unspecified atom stereocenters. The van der Waals surface area contributed by atoms with Crippen LogP contribution in [0.1, 0.15) is 32.3 Å². The molecule has 0 bridgehead atoms. The molecule has 25 heavy (non-hydrogen) atoms. The summed E-state index contributed by atoms with van der Waals surface area (Å²) in [4.78, 5) is 22.6. The lowest BCUT2D eigenvalue weighted by molar-refractivity contribution is -0.123. The fraction of sp³-hybridized carbons (Fsp3) is 0.471. The summed E-state index contributed by atoms with van der Waals surface area (Å²) in [6, 6.07) is 5.29. The van der Waals surface area contributed by atoms with Crippen molar-refractivity contribution in [2.24, 2.45) is 5.11 Å². The van der Waals surface area contributed by atoms with Gasteiger partial charge in [-0.05, 0) is 69.1 Å². The van der Waals surface area contributed by atoms with Gasteiger partial charge in [-0.15, -0.1) is 0 Å². The lowest BCUT2D eigenvalue weighted by Crippen LogP contribution is -2.44. The molecule has 1 aliphatic rings. The predicted octanol–water partition coefficient (Wildman–Crippen LogP) is 4.35. The maximum Gasteiger partial charge on any atom is 0.258 e. The highest BCUT2D eigenvalue weighted by molar-refractivity contribution is 7.80. The highest BCUT2D eigenvalue weighted by Crippen LogP contribution is 2.34. The van der Waals surface area contributed by atoms with E-state index >= 15 is 0 Å². The van der Waals surface area contributed by atoms with Crippen LogP contribution in [0.5, 0.6) is 0 Å². The topological polar surface area (TPSA) is 76.7 Å². The highest BCUT2D eigenvalue weighted by Gasteiger charge is 2.49. The van der Waals surface area contributed by atoms with Crippen molar-refractivity contribution >= 4 is 34.6 Å². The molecule has 7 nitrogen and oxygen atoms in total. The first-order chi connectivity index (χ1) is 11.8. The summed E-state index contributed by atoms with van der Waals surface area (Å²) in [6.45, 7) is 13.8. The molecule has 0 N–H and O–H groups in total. The number of azide groups is 1. The van der Waals surface area contributed by atoms with Gasteiger partial charge in [0, 0.05) is 23.7 Å². The Morgan fingerprint density at radius 3 is 2.68 bits per heavy atom. The molecular weight excluding hydrogens is 336 g/mol. The summed E-state index contributed by atoms with van der Waals surface area (Å²) in [6.07, 6.45) is 1.52. The number of rotatable bonds is 6. The number of nitrogens with zero attached hydrogens (tertiary/aromatic N) is 6. The first kappa shape index (κ1) is 18.7. The zero-order chi connectivity index (χ0) is 18.6. The van der Waals surface area contributed by atoms with E-state index in [0.29, 0.717) is 29.6 Å². The number of carbonyl (C=O) groups excluding carboxylic acids is 1. The average Bonchev–Trinajstić information content (AvgIpc) is 2.74. The fourth-order valence-electron chi connectivity index (χ4n) is 2.84. The van der Waals surface area contributed by atoms with Gasteiger partial charge in [0.25, 0.3) is 5.91 Å². The van der Waals surface area contributed by atoms with E-state index in [9.17, 15) is 4.79 Å². The molecule has 1 fully saturated rings. The second-order valence-corrected chi connectivity index (χ2v) is 6.74. The quantitative estimate of drug-likeness (QED) is 0.190. The predicted molar refractivity (Wildman–Crippen MR) is 102 cm³/mol. The molecule has 1 aromatic rings. The van der Waals surface area contributed by atoms with Crippen molar-refractivity contribution in [3.63, 3.8) is 0 Å². The van der Waals surface area contributed by atoms with Gasteiger partial charge in [0.05, 0.1) is 6.57 Å². The lowest BCUT2D eigenvalue weighted by Gasteiger charge is -2.29. The molecule has 2 rings (SSSR count). The molecule has 0 spiro atoms. The van der Waals surface area contributed by atoms with Gasteiger partial charge in [-0.2, -0.15) is 0 Å². The minimum atomic E-state index is -0.734. The van der Waals surface area contributed by atoms with Crippen LogP contribution in [-0.4, -0.2) is 34.5 Å². The number of thiocarbonyl (C=S) groups is 1. The minimum Gasteiger partial charge on any atom is -0.334 e. The number of unbranched alkanes of at least 4 members (excludes halogenated alkanes) is 1. The number of aryl methyl sites for hydroxylation is 1. The van der Waals surface area contributed by atoms with E-state index in [0.717, 1.165) is 18.4 Å². The Morgan fingerprint density at radius 1 is 1.36 bits per heavy atom. The van der Waals surface area contributed by atoms with E-state index in [4.69, 9.17) is 24.3 Å². The molecule has 130 valence electrons. The third-order valence-corrected chi connectivity index (χ3v) is 4.74. The Balaban J connectivity index is 2.22. The van der Waals surface area contributed by atoms with Crippen LogP contribution in [-0.2, 0) is 4.79 Å². The Morgan fingerprint density at radius 2 is 2.08 bits per heavy atom. The van der Waals surface area contributed by atoms with Crippen LogP contribution in [0.25, 0.3) is 15.3 Å². The van der Waals surface area contributed by atoms with E-state index in [1.807, 2.05) is 31.7 Å². The Bertz CT molecular complexity index is 791. The van der Waals surface area contributed by atoms with E-state index in [-0.39, 0.29) is 5.91 Å². The molecule has 0 atom stereocenters. The largest absolute Gasteiger partial charge is 0.334 e. The van der Waals surface area contributed by atoms with Crippen molar-refractivity contribution in [3.8, 4) is 0 Å². The van der Waals surface area contributed by atoms with Crippen molar-refractivity contribution in [1.82, 2.24) is 4.90 Å². The second kappa shape index (κ2) is 7.51. The molecule has 0 radical (unpaired) electrons. The van der Waals surface area contributed by atoms with Gasteiger partial charge in [0.15, 0.2) is 10.8 Å². The van der Waals surface area contributed by atoms with Gasteiger partial charge in [-0.25, -0.2) is 4.85 Å². The maximum atomic E-state index is 12.9. The zero-order valence-electron chi connectivity index (χ0n) is 14.6. The van der Waals surface area contributed by atoms with Crippen LogP contribution >= 0.6 is 12.2 Å². The van der Waals surface area contributed by atoms with Gasteiger partial charge >= 0.3 is 0 Å². The van der Waals surface area contributed by atoms with Crippen molar-refractivity contribution in [2.75, 3.05) is 18.0 Å². The number of hydrogen-bond acceptors (Lipinski definition) is 3. The van der Waals surface area contributed by atoms with Crippen molar-refractivity contribution in [1.29, 1.82) is 0 Å². The van der Waals surface area contributed by atoms with E-state index in [2.05, 4.69) is 14.9 Å². The molecule has 0 aromatic heterocycles. The van der Waals surface area contributed by atoms with Crippen molar-refractivity contribution in [3.05, 3.63) is 45.6 Å². The average molecular weight is 356 g/mol. The van der Waals surface area contributed by atoms with Crippen LogP contribution in [0.2, 0.25) is 0 Å². The summed E-state index contributed by atoms with van der Waals surface area (Å²) in [7, 11) is 0. The summed E-state index contributed by atoms with van der Waals surface area (Å²) in [5, 5.41) is 3.99. The van der Waals surface area contributed by atoms with Gasteiger partial charge in [-0.3, -0.25) is 9.69 Å². The third-order valence-electron chi connectivity index (χ3n) is 4.34.